The lowest BCUT2D eigenvalue weighted by Gasteiger charge is -2.23. The van der Waals surface area contributed by atoms with Gasteiger partial charge in [0.05, 0.1) is 6.61 Å². The molecule has 0 aliphatic heterocycles. The van der Waals surface area contributed by atoms with E-state index in [0.717, 1.165) is 6.42 Å². The maximum atomic E-state index is 13.6. The quantitative estimate of drug-likeness (QED) is 0.806. The van der Waals surface area contributed by atoms with Crippen LogP contribution in [0.3, 0.4) is 0 Å². The molecule has 2 unspecified atom stereocenters. The number of thioether (sulfide) groups is 1. The Morgan fingerprint density at radius 2 is 2.12 bits per heavy atom. The minimum Gasteiger partial charge on any atom is -0.396 e. The molecule has 0 saturated heterocycles. The van der Waals surface area contributed by atoms with Crippen molar-refractivity contribution >= 4 is 11.8 Å². The van der Waals surface area contributed by atoms with Gasteiger partial charge in [0.1, 0.15) is 5.82 Å². The van der Waals surface area contributed by atoms with Crippen LogP contribution in [0.5, 0.6) is 0 Å². The molecule has 90 valence electrons. The van der Waals surface area contributed by atoms with Crippen LogP contribution in [0.1, 0.15) is 24.2 Å². The first-order chi connectivity index (χ1) is 7.70. The highest BCUT2D eigenvalue weighted by Gasteiger charge is 2.21. The second-order valence-electron chi connectivity index (χ2n) is 3.61. The molecule has 3 N–H and O–H groups in total. The predicted molar refractivity (Wildman–Crippen MR) is 67.0 cm³/mol. The van der Waals surface area contributed by atoms with Crippen molar-refractivity contribution in [3.8, 4) is 0 Å². The lowest BCUT2D eigenvalue weighted by Crippen LogP contribution is -2.26. The van der Waals surface area contributed by atoms with E-state index in [1.807, 2.05) is 13.0 Å². The molecule has 1 aromatic rings. The van der Waals surface area contributed by atoms with Gasteiger partial charge in [0.25, 0.3) is 0 Å². The zero-order valence-electron chi connectivity index (χ0n) is 9.40. The summed E-state index contributed by atoms with van der Waals surface area (Å²) in [7, 11) is 0. The van der Waals surface area contributed by atoms with Crippen molar-refractivity contribution in [2.45, 2.75) is 24.6 Å². The molecular formula is C12H18FNOS. The normalized spacial score (nSPS) is 14.8. The van der Waals surface area contributed by atoms with Crippen LogP contribution in [0.15, 0.2) is 24.3 Å². The number of halogens is 1. The number of rotatable bonds is 6. The van der Waals surface area contributed by atoms with Crippen LogP contribution in [0.25, 0.3) is 0 Å². The van der Waals surface area contributed by atoms with E-state index in [0.29, 0.717) is 11.3 Å². The second-order valence-corrected chi connectivity index (χ2v) is 4.86. The standard InChI is InChI=1S/C12H18FNOS/c1-2-11(14)12(16-8-7-15)9-5-3-4-6-10(9)13/h3-6,11-12,15H,2,7-8,14H2,1H3. The number of hydrogen-bond donors (Lipinski definition) is 2. The van der Waals surface area contributed by atoms with Gasteiger partial charge in [-0.15, -0.1) is 11.8 Å². The zero-order valence-corrected chi connectivity index (χ0v) is 10.2. The van der Waals surface area contributed by atoms with E-state index >= 15 is 0 Å². The van der Waals surface area contributed by atoms with Gasteiger partial charge in [-0.2, -0.15) is 0 Å². The van der Waals surface area contributed by atoms with Crippen molar-refractivity contribution in [3.63, 3.8) is 0 Å². The average Bonchev–Trinajstić information content (AvgIpc) is 2.31. The molecule has 2 nitrogen and oxygen atoms in total. The van der Waals surface area contributed by atoms with Gasteiger partial charge >= 0.3 is 0 Å². The van der Waals surface area contributed by atoms with Gasteiger partial charge in [-0.05, 0) is 12.5 Å². The van der Waals surface area contributed by atoms with Crippen LogP contribution in [-0.4, -0.2) is 23.5 Å². The third-order valence-electron chi connectivity index (χ3n) is 2.46. The van der Waals surface area contributed by atoms with Crippen LogP contribution < -0.4 is 5.73 Å². The molecule has 0 fully saturated rings. The van der Waals surface area contributed by atoms with Crippen LogP contribution >= 0.6 is 11.8 Å². The Hall–Kier alpha value is -0.580. The van der Waals surface area contributed by atoms with Crippen LogP contribution in [0.2, 0.25) is 0 Å². The molecule has 0 heterocycles. The average molecular weight is 243 g/mol. The number of hydrogen-bond acceptors (Lipinski definition) is 3. The van der Waals surface area contributed by atoms with Crippen LogP contribution in [0, 0.1) is 5.82 Å². The zero-order chi connectivity index (χ0) is 12.0. The van der Waals surface area contributed by atoms with Gasteiger partial charge in [-0.25, -0.2) is 4.39 Å². The number of aliphatic hydroxyl groups excluding tert-OH is 1. The van der Waals surface area contributed by atoms with Crippen molar-refractivity contribution < 1.29 is 9.50 Å². The molecule has 0 aromatic heterocycles. The van der Waals surface area contributed by atoms with Gasteiger partial charge in [0.15, 0.2) is 0 Å². The highest BCUT2D eigenvalue weighted by atomic mass is 32.2. The lowest BCUT2D eigenvalue weighted by atomic mass is 10.0. The molecule has 0 aliphatic rings. The smallest absolute Gasteiger partial charge is 0.127 e. The van der Waals surface area contributed by atoms with Crippen molar-refractivity contribution in [2.75, 3.05) is 12.4 Å². The van der Waals surface area contributed by atoms with Crippen molar-refractivity contribution in [1.82, 2.24) is 0 Å². The van der Waals surface area contributed by atoms with E-state index in [9.17, 15) is 4.39 Å². The topological polar surface area (TPSA) is 46.2 Å². The molecular weight excluding hydrogens is 225 g/mol. The minimum absolute atomic E-state index is 0.0849. The van der Waals surface area contributed by atoms with Crippen molar-refractivity contribution in [1.29, 1.82) is 0 Å². The van der Waals surface area contributed by atoms with Crippen molar-refractivity contribution in [2.24, 2.45) is 5.73 Å². The first-order valence-corrected chi connectivity index (χ1v) is 6.48. The van der Waals surface area contributed by atoms with Crippen molar-refractivity contribution in [3.05, 3.63) is 35.6 Å². The Labute approximate surface area is 100 Å². The van der Waals surface area contributed by atoms with E-state index in [-0.39, 0.29) is 23.7 Å². The van der Waals surface area contributed by atoms with Gasteiger partial charge < -0.3 is 10.8 Å². The Bertz CT molecular complexity index is 322. The van der Waals surface area contributed by atoms with Gasteiger partial charge in [0.2, 0.25) is 0 Å². The molecule has 16 heavy (non-hydrogen) atoms. The number of benzene rings is 1. The molecule has 2 atom stereocenters. The molecule has 1 rings (SSSR count). The highest BCUT2D eigenvalue weighted by molar-refractivity contribution is 7.99. The summed E-state index contributed by atoms with van der Waals surface area (Å²) in [4.78, 5) is 0. The summed E-state index contributed by atoms with van der Waals surface area (Å²) < 4.78 is 13.6. The van der Waals surface area contributed by atoms with Crippen LogP contribution in [0.4, 0.5) is 4.39 Å². The Morgan fingerprint density at radius 1 is 1.44 bits per heavy atom. The maximum absolute atomic E-state index is 13.6. The summed E-state index contributed by atoms with van der Waals surface area (Å²) in [6, 6.07) is 6.61. The van der Waals surface area contributed by atoms with Gasteiger partial charge in [-0.1, -0.05) is 25.1 Å². The molecule has 0 aliphatic carbocycles. The van der Waals surface area contributed by atoms with E-state index < -0.39 is 0 Å². The Balaban J connectivity index is 2.87. The predicted octanol–water partition coefficient (Wildman–Crippen LogP) is 2.33. The largest absolute Gasteiger partial charge is 0.396 e. The molecule has 0 amide bonds. The lowest BCUT2D eigenvalue weighted by molar-refractivity contribution is 0.322. The fourth-order valence-electron chi connectivity index (χ4n) is 1.54. The number of nitrogens with two attached hydrogens (primary N) is 1. The molecule has 0 spiro atoms. The maximum Gasteiger partial charge on any atom is 0.127 e. The molecule has 1 aromatic carbocycles. The molecule has 4 heteroatoms. The SMILES string of the molecule is CCC(N)C(SCCO)c1ccccc1F. The fraction of sp³-hybridized carbons (Fsp3) is 0.500. The Kier molecular flexibility index (Phi) is 5.80. The summed E-state index contributed by atoms with van der Waals surface area (Å²) in [6.07, 6.45) is 0.789. The van der Waals surface area contributed by atoms with Gasteiger partial charge in [0, 0.05) is 22.6 Å². The molecule has 0 bridgehead atoms. The first kappa shape index (κ1) is 13.5. The summed E-state index contributed by atoms with van der Waals surface area (Å²) in [5.74, 6) is 0.356. The fourth-order valence-corrected chi connectivity index (χ4v) is 2.71. The summed E-state index contributed by atoms with van der Waals surface area (Å²) in [5.41, 5.74) is 6.62. The summed E-state index contributed by atoms with van der Waals surface area (Å²) in [6.45, 7) is 2.07. The monoisotopic (exact) mass is 243 g/mol. The van der Waals surface area contributed by atoms with E-state index in [4.69, 9.17) is 10.8 Å². The number of aliphatic hydroxyl groups is 1. The van der Waals surface area contributed by atoms with Crippen LogP contribution in [-0.2, 0) is 0 Å². The second kappa shape index (κ2) is 6.89. The van der Waals surface area contributed by atoms with Gasteiger partial charge in [-0.3, -0.25) is 0 Å². The van der Waals surface area contributed by atoms with E-state index in [1.165, 1.54) is 17.8 Å². The molecule has 0 radical (unpaired) electrons. The third-order valence-corrected chi connectivity index (χ3v) is 3.84. The Morgan fingerprint density at radius 3 is 2.69 bits per heavy atom. The van der Waals surface area contributed by atoms with E-state index in [2.05, 4.69) is 0 Å². The third kappa shape index (κ3) is 3.47. The minimum atomic E-state index is -0.221. The summed E-state index contributed by atoms with van der Waals surface area (Å²) in [5, 5.41) is 8.75. The summed E-state index contributed by atoms with van der Waals surface area (Å²) >= 11 is 1.51. The highest BCUT2D eigenvalue weighted by Crippen LogP contribution is 2.33. The molecule has 0 saturated carbocycles. The van der Waals surface area contributed by atoms with E-state index in [1.54, 1.807) is 12.1 Å². The first-order valence-electron chi connectivity index (χ1n) is 5.43.